The normalized spacial score (nSPS) is 16.8. The van der Waals surface area contributed by atoms with Crippen LogP contribution >= 0.6 is 11.8 Å². The van der Waals surface area contributed by atoms with Crippen LogP contribution in [0.2, 0.25) is 0 Å². The van der Waals surface area contributed by atoms with Crippen LogP contribution in [0.3, 0.4) is 0 Å². The number of rotatable bonds is 6. The Morgan fingerprint density at radius 1 is 1.12 bits per heavy atom. The second kappa shape index (κ2) is 9.57. The Kier molecular flexibility index (Phi) is 6.61. The average Bonchev–Trinajstić information content (AvgIpc) is 3.19. The Balaban J connectivity index is 1.51. The number of halogens is 1. The zero-order valence-corrected chi connectivity index (χ0v) is 18.9. The predicted molar refractivity (Wildman–Crippen MR) is 128 cm³/mol. The molecule has 0 unspecified atom stereocenters. The van der Waals surface area contributed by atoms with E-state index >= 15 is 0 Å². The van der Waals surface area contributed by atoms with Crippen LogP contribution in [-0.4, -0.2) is 17.6 Å². The van der Waals surface area contributed by atoms with E-state index in [-0.39, 0.29) is 28.9 Å². The number of nitrogens with one attached hydrogen (secondary N) is 1. The number of thioether (sulfide) groups is 1. The molecule has 6 heteroatoms. The lowest BCUT2D eigenvalue weighted by Gasteiger charge is -2.25. The summed E-state index contributed by atoms with van der Waals surface area (Å²) in [6.45, 7) is 3.70. The summed E-state index contributed by atoms with van der Waals surface area (Å²) >= 11 is 1.51. The molecule has 1 fully saturated rings. The number of nitrogens with zero attached hydrogens (tertiary/aromatic N) is 1. The molecule has 3 aromatic rings. The van der Waals surface area contributed by atoms with E-state index in [9.17, 15) is 14.0 Å². The molecule has 0 saturated carbocycles. The largest absolute Gasteiger partial charge is 0.326 e. The van der Waals surface area contributed by atoms with E-state index < -0.39 is 0 Å². The first-order chi connectivity index (χ1) is 15.5. The predicted octanol–water partition coefficient (Wildman–Crippen LogP) is 6.05. The first kappa shape index (κ1) is 22.1. The summed E-state index contributed by atoms with van der Waals surface area (Å²) < 4.78 is 14.1. The van der Waals surface area contributed by atoms with Gasteiger partial charge < -0.3 is 5.32 Å². The SMILES string of the molecule is CC[C@@H](C(=O)Nc1ccc([C@H]2SCC(=O)N2c2ccc(C)c(F)c2)cc1)c1ccccc1. The third-order valence-corrected chi connectivity index (χ3v) is 6.90. The van der Waals surface area contributed by atoms with E-state index in [0.29, 0.717) is 29.1 Å². The number of amides is 2. The smallest absolute Gasteiger partial charge is 0.238 e. The van der Waals surface area contributed by atoms with Gasteiger partial charge in [-0.25, -0.2) is 4.39 Å². The van der Waals surface area contributed by atoms with E-state index in [1.165, 1.54) is 17.8 Å². The van der Waals surface area contributed by atoms with Crippen LogP contribution in [0.15, 0.2) is 72.8 Å². The molecule has 2 amide bonds. The van der Waals surface area contributed by atoms with E-state index in [4.69, 9.17) is 0 Å². The minimum Gasteiger partial charge on any atom is -0.326 e. The van der Waals surface area contributed by atoms with E-state index in [1.54, 1.807) is 24.0 Å². The highest BCUT2D eigenvalue weighted by Crippen LogP contribution is 2.42. The fourth-order valence-corrected chi connectivity index (χ4v) is 5.08. The molecule has 0 radical (unpaired) electrons. The van der Waals surface area contributed by atoms with Crippen LogP contribution in [0.4, 0.5) is 15.8 Å². The van der Waals surface area contributed by atoms with Crippen molar-refractivity contribution in [2.24, 2.45) is 0 Å². The van der Waals surface area contributed by atoms with Crippen molar-refractivity contribution in [1.29, 1.82) is 0 Å². The number of hydrogen-bond donors (Lipinski definition) is 1. The quantitative estimate of drug-likeness (QED) is 0.500. The van der Waals surface area contributed by atoms with Crippen molar-refractivity contribution < 1.29 is 14.0 Å². The van der Waals surface area contributed by atoms with Gasteiger partial charge in [0.25, 0.3) is 0 Å². The first-order valence-electron chi connectivity index (χ1n) is 10.6. The molecule has 4 nitrogen and oxygen atoms in total. The zero-order valence-electron chi connectivity index (χ0n) is 18.0. The molecule has 32 heavy (non-hydrogen) atoms. The van der Waals surface area contributed by atoms with E-state index in [1.807, 2.05) is 61.5 Å². The summed E-state index contributed by atoms with van der Waals surface area (Å²) in [5, 5.41) is 2.76. The molecule has 1 aliphatic rings. The molecule has 1 heterocycles. The third-order valence-electron chi connectivity index (χ3n) is 5.69. The molecule has 4 rings (SSSR count). The van der Waals surface area contributed by atoms with Crippen molar-refractivity contribution in [2.45, 2.75) is 31.6 Å². The molecule has 1 aliphatic heterocycles. The molecule has 3 aromatic carbocycles. The minimum atomic E-state index is -0.326. The van der Waals surface area contributed by atoms with Crippen LogP contribution in [0.25, 0.3) is 0 Å². The number of anilines is 2. The highest BCUT2D eigenvalue weighted by atomic mass is 32.2. The molecule has 1 saturated heterocycles. The maximum absolute atomic E-state index is 14.1. The third kappa shape index (κ3) is 4.55. The number of hydrogen-bond acceptors (Lipinski definition) is 3. The lowest BCUT2D eigenvalue weighted by molar-refractivity contribution is -0.118. The van der Waals surface area contributed by atoms with Gasteiger partial charge in [-0.15, -0.1) is 11.8 Å². The molecular formula is C26H25FN2O2S. The fourth-order valence-electron chi connectivity index (χ4n) is 3.90. The van der Waals surface area contributed by atoms with Crippen molar-refractivity contribution in [3.8, 4) is 0 Å². The molecule has 2 atom stereocenters. The maximum Gasteiger partial charge on any atom is 0.238 e. The van der Waals surface area contributed by atoms with Crippen molar-refractivity contribution in [2.75, 3.05) is 16.0 Å². The van der Waals surface area contributed by atoms with Crippen molar-refractivity contribution in [3.05, 3.63) is 95.3 Å². The highest BCUT2D eigenvalue weighted by molar-refractivity contribution is 8.00. The standard InChI is InChI=1S/C26H25FN2O2S/c1-3-22(18-7-5-4-6-8-18)25(31)28-20-12-10-19(11-13-20)26-29(24(30)16-32-26)21-14-9-17(2)23(27)15-21/h4-15,22,26H,3,16H2,1-2H3,(H,28,31)/t22-,26-/m1/s1. The summed E-state index contributed by atoms with van der Waals surface area (Å²) in [5.41, 5.74) is 3.72. The summed E-state index contributed by atoms with van der Waals surface area (Å²) in [5.74, 6) is -0.296. The van der Waals surface area contributed by atoms with Crippen molar-refractivity contribution in [1.82, 2.24) is 0 Å². The monoisotopic (exact) mass is 448 g/mol. The van der Waals surface area contributed by atoms with Gasteiger partial charge in [0, 0.05) is 11.4 Å². The summed E-state index contributed by atoms with van der Waals surface area (Å²) in [4.78, 5) is 27.0. The number of carbonyl (C=O) groups is 2. The van der Waals surface area contributed by atoms with Gasteiger partial charge >= 0.3 is 0 Å². The van der Waals surface area contributed by atoms with Gasteiger partial charge in [-0.2, -0.15) is 0 Å². The maximum atomic E-state index is 14.1. The van der Waals surface area contributed by atoms with Gasteiger partial charge in [-0.3, -0.25) is 14.5 Å². The number of aryl methyl sites for hydroxylation is 1. The first-order valence-corrected chi connectivity index (χ1v) is 11.7. The number of benzene rings is 3. The second-order valence-electron chi connectivity index (χ2n) is 7.84. The molecule has 0 aromatic heterocycles. The lowest BCUT2D eigenvalue weighted by Crippen LogP contribution is -2.28. The van der Waals surface area contributed by atoms with Gasteiger partial charge in [0.05, 0.1) is 11.7 Å². The van der Waals surface area contributed by atoms with Crippen LogP contribution in [0.5, 0.6) is 0 Å². The van der Waals surface area contributed by atoms with Crippen LogP contribution in [-0.2, 0) is 9.59 Å². The van der Waals surface area contributed by atoms with Gasteiger partial charge in [0.2, 0.25) is 11.8 Å². The summed E-state index contributed by atoms with van der Waals surface area (Å²) in [6.07, 6.45) is 0.705. The Bertz CT molecular complexity index is 1120. The molecule has 164 valence electrons. The molecular weight excluding hydrogens is 423 g/mol. The topological polar surface area (TPSA) is 49.4 Å². The summed E-state index contributed by atoms with van der Waals surface area (Å²) in [7, 11) is 0. The van der Waals surface area contributed by atoms with Crippen molar-refractivity contribution >= 4 is 35.0 Å². The Labute approximate surface area is 191 Å². The molecule has 0 spiro atoms. The minimum absolute atomic E-state index is 0.0470. The lowest BCUT2D eigenvalue weighted by atomic mass is 9.95. The van der Waals surface area contributed by atoms with Gasteiger partial charge in [-0.1, -0.05) is 55.5 Å². The van der Waals surface area contributed by atoms with Gasteiger partial charge in [0.1, 0.15) is 11.2 Å². The molecule has 0 bridgehead atoms. The Hall–Kier alpha value is -3.12. The average molecular weight is 449 g/mol. The zero-order chi connectivity index (χ0) is 22.7. The summed E-state index contributed by atoms with van der Waals surface area (Å²) in [6, 6.07) is 22.1. The van der Waals surface area contributed by atoms with Gasteiger partial charge in [-0.05, 0) is 54.3 Å². The highest BCUT2D eigenvalue weighted by Gasteiger charge is 2.34. The Morgan fingerprint density at radius 3 is 2.50 bits per heavy atom. The van der Waals surface area contributed by atoms with Crippen LogP contribution < -0.4 is 10.2 Å². The number of carbonyl (C=O) groups excluding carboxylic acids is 2. The molecule has 0 aliphatic carbocycles. The fraction of sp³-hybridized carbons (Fsp3) is 0.231. The van der Waals surface area contributed by atoms with Crippen LogP contribution in [0, 0.1) is 12.7 Å². The second-order valence-corrected chi connectivity index (χ2v) is 8.91. The van der Waals surface area contributed by atoms with Crippen molar-refractivity contribution in [3.63, 3.8) is 0 Å². The van der Waals surface area contributed by atoms with Gasteiger partial charge in [0.15, 0.2) is 0 Å². The van der Waals surface area contributed by atoms with E-state index in [0.717, 1.165) is 11.1 Å². The van der Waals surface area contributed by atoms with E-state index in [2.05, 4.69) is 5.32 Å². The molecule has 1 N–H and O–H groups in total. The Morgan fingerprint density at radius 2 is 1.84 bits per heavy atom. The van der Waals surface area contributed by atoms with Crippen LogP contribution in [0.1, 0.15) is 41.3 Å².